The molecule has 0 bridgehead atoms. The van der Waals surface area contributed by atoms with E-state index in [2.05, 4.69) is 10.3 Å². The number of fused-ring (bicyclic) bond motifs is 1. The number of ether oxygens (including phenoxy) is 2. The number of anilines is 1. The molecule has 1 N–H and O–H groups in total. The minimum absolute atomic E-state index is 0.162. The van der Waals surface area contributed by atoms with Crippen LogP contribution in [0.25, 0.3) is 21.3 Å². The van der Waals surface area contributed by atoms with Crippen LogP contribution < -0.4 is 20.3 Å². The molecule has 4 rings (SSSR count). The van der Waals surface area contributed by atoms with Crippen molar-refractivity contribution in [3.63, 3.8) is 0 Å². The quantitative estimate of drug-likeness (QED) is 0.441. The largest absolute Gasteiger partial charge is 0.493 e. The molecule has 1 amide bonds. The number of nitrogens with zero attached hydrogens (tertiary/aromatic N) is 2. The highest BCUT2D eigenvalue weighted by Gasteiger charge is 2.16. The highest BCUT2D eigenvalue weighted by atomic mass is 35.5. The van der Waals surface area contributed by atoms with Gasteiger partial charge in [0.05, 0.1) is 25.9 Å². The molecule has 0 aliphatic carbocycles. The number of benzene rings is 2. The van der Waals surface area contributed by atoms with Crippen LogP contribution in [0.15, 0.2) is 52.9 Å². The van der Waals surface area contributed by atoms with Crippen molar-refractivity contribution >= 4 is 44.7 Å². The highest BCUT2D eigenvalue weighted by Crippen LogP contribution is 2.36. The third-order valence-electron chi connectivity index (χ3n) is 5.03. The number of aromatic nitrogens is 2. The maximum Gasteiger partial charge on any atom is 0.263 e. The zero-order valence-corrected chi connectivity index (χ0v) is 19.2. The third-order valence-corrected chi connectivity index (χ3v) is 6.15. The van der Waals surface area contributed by atoms with Crippen molar-refractivity contribution in [2.24, 2.45) is 0 Å². The van der Waals surface area contributed by atoms with Crippen molar-refractivity contribution in [3.05, 3.63) is 69.0 Å². The van der Waals surface area contributed by atoms with Crippen LogP contribution >= 0.6 is 22.9 Å². The molecular weight excluding hydrogens is 450 g/mol. The van der Waals surface area contributed by atoms with E-state index in [1.54, 1.807) is 38.5 Å². The van der Waals surface area contributed by atoms with E-state index in [-0.39, 0.29) is 18.0 Å². The fourth-order valence-electron chi connectivity index (χ4n) is 3.41. The first-order valence-corrected chi connectivity index (χ1v) is 10.9. The Morgan fingerprint density at radius 3 is 2.66 bits per heavy atom. The van der Waals surface area contributed by atoms with E-state index in [4.69, 9.17) is 21.1 Å². The summed E-state index contributed by atoms with van der Waals surface area (Å²) < 4.78 is 12.0. The third kappa shape index (κ3) is 4.19. The molecule has 0 atom stereocenters. The average molecular weight is 470 g/mol. The van der Waals surface area contributed by atoms with Crippen LogP contribution in [0, 0.1) is 6.92 Å². The summed E-state index contributed by atoms with van der Waals surface area (Å²) in [5, 5.41) is 5.74. The van der Waals surface area contributed by atoms with Gasteiger partial charge in [0.15, 0.2) is 11.5 Å². The van der Waals surface area contributed by atoms with Crippen LogP contribution in [0.4, 0.5) is 5.69 Å². The van der Waals surface area contributed by atoms with Crippen LogP contribution in [0.2, 0.25) is 5.02 Å². The van der Waals surface area contributed by atoms with Crippen LogP contribution in [0.3, 0.4) is 0 Å². The molecule has 0 fully saturated rings. The summed E-state index contributed by atoms with van der Waals surface area (Å²) in [6.07, 6.45) is 1.40. The maximum absolute atomic E-state index is 13.2. The minimum atomic E-state index is -0.332. The summed E-state index contributed by atoms with van der Waals surface area (Å²) in [6, 6.07) is 10.6. The molecule has 32 heavy (non-hydrogen) atoms. The zero-order valence-electron chi connectivity index (χ0n) is 17.6. The Kier molecular flexibility index (Phi) is 6.16. The first-order chi connectivity index (χ1) is 15.4. The lowest BCUT2D eigenvalue weighted by molar-refractivity contribution is -0.116. The lowest BCUT2D eigenvalue weighted by Gasteiger charge is -2.11. The highest BCUT2D eigenvalue weighted by molar-refractivity contribution is 7.17. The number of carbonyl (C=O) groups is 1. The lowest BCUT2D eigenvalue weighted by atomic mass is 10.1. The predicted octanol–water partition coefficient (Wildman–Crippen LogP) is 4.74. The minimum Gasteiger partial charge on any atom is -0.493 e. The number of methoxy groups -OCH3 is 2. The first-order valence-electron chi connectivity index (χ1n) is 9.66. The van der Waals surface area contributed by atoms with Gasteiger partial charge in [-0.15, -0.1) is 11.3 Å². The molecule has 2 aromatic heterocycles. The number of amides is 1. The molecule has 7 nitrogen and oxygen atoms in total. The van der Waals surface area contributed by atoms with E-state index in [9.17, 15) is 9.59 Å². The van der Waals surface area contributed by atoms with E-state index in [0.29, 0.717) is 32.4 Å². The molecule has 0 unspecified atom stereocenters. The Morgan fingerprint density at radius 1 is 1.16 bits per heavy atom. The van der Waals surface area contributed by atoms with E-state index in [0.717, 1.165) is 16.7 Å². The Hall–Kier alpha value is -3.36. The number of halogens is 1. The summed E-state index contributed by atoms with van der Waals surface area (Å²) in [5.74, 6) is 0.827. The Bertz CT molecular complexity index is 1380. The van der Waals surface area contributed by atoms with Crippen LogP contribution in [-0.4, -0.2) is 29.7 Å². The Balaban J connectivity index is 1.67. The Labute approximate surface area is 193 Å². The standard InChI is InChI=1S/C23H20ClN3O4S/c1-13-8-15(24)5-6-17(13)26-20(28)10-27-12-25-22-21(23(27)29)16(11-32-22)14-4-7-18(30-2)19(9-14)31-3/h4-9,11-12H,10H2,1-3H3,(H,26,28). The average Bonchev–Trinajstić information content (AvgIpc) is 3.22. The number of aryl methyl sites for hydroxylation is 1. The molecule has 0 spiro atoms. The van der Waals surface area contributed by atoms with Gasteiger partial charge in [0.25, 0.3) is 5.56 Å². The van der Waals surface area contributed by atoms with Gasteiger partial charge in [-0.05, 0) is 48.4 Å². The fraction of sp³-hybridized carbons (Fsp3) is 0.174. The van der Waals surface area contributed by atoms with Gasteiger partial charge >= 0.3 is 0 Å². The second kappa shape index (κ2) is 9.02. The van der Waals surface area contributed by atoms with E-state index in [1.165, 1.54) is 22.2 Å². The van der Waals surface area contributed by atoms with Crippen molar-refractivity contribution in [1.82, 2.24) is 9.55 Å². The van der Waals surface area contributed by atoms with E-state index in [1.807, 2.05) is 24.4 Å². The topological polar surface area (TPSA) is 82.5 Å². The van der Waals surface area contributed by atoms with Crippen molar-refractivity contribution in [2.75, 3.05) is 19.5 Å². The summed E-state index contributed by atoms with van der Waals surface area (Å²) in [6.45, 7) is 1.69. The van der Waals surface area contributed by atoms with Crippen molar-refractivity contribution in [2.45, 2.75) is 13.5 Å². The lowest BCUT2D eigenvalue weighted by Crippen LogP contribution is -2.28. The molecule has 0 saturated carbocycles. The summed E-state index contributed by atoms with van der Waals surface area (Å²) in [5.41, 5.74) is 2.71. The fourth-order valence-corrected chi connectivity index (χ4v) is 4.54. The smallest absolute Gasteiger partial charge is 0.263 e. The number of hydrogen-bond acceptors (Lipinski definition) is 6. The van der Waals surface area contributed by atoms with Gasteiger partial charge in [0.1, 0.15) is 11.4 Å². The maximum atomic E-state index is 13.2. The first kappa shape index (κ1) is 21.9. The second-order valence-corrected chi connectivity index (χ2v) is 8.38. The Morgan fingerprint density at radius 2 is 1.94 bits per heavy atom. The monoisotopic (exact) mass is 469 g/mol. The predicted molar refractivity (Wildman–Crippen MR) is 127 cm³/mol. The SMILES string of the molecule is COc1ccc(-c2csc3ncn(CC(=O)Nc4ccc(Cl)cc4C)c(=O)c23)cc1OC. The molecule has 2 heterocycles. The normalized spacial score (nSPS) is 10.9. The molecule has 2 aromatic carbocycles. The van der Waals surface area contributed by atoms with E-state index < -0.39 is 0 Å². The summed E-state index contributed by atoms with van der Waals surface area (Å²) in [7, 11) is 3.12. The summed E-state index contributed by atoms with van der Waals surface area (Å²) in [4.78, 5) is 30.8. The van der Waals surface area contributed by atoms with Gasteiger partial charge in [-0.1, -0.05) is 17.7 Å². The van der Waals surface area contributed by atoms with Gasteiger partial charge in [0, 0.05) is 21.7 Å². The second-order valence-electron chi connectivity index (χ2n) is 7.08. The van der Waals surface area contributed by atoms with Crippen LogP contribution in [-0.2, 0) is 11.3 Å². The molecule has 0 aliphatic heterocycles. The van der Waals surface area contributed by atoms with Crippen molar-refractivity contribution < 1.29 is 14.3 Å². The summed E-state index contributed by atoms with van der Waals surface area (Å²) >= 11 is 7.34. The number of carbonyl (C=O) groups excluding carboxylic acids is 1. The molecule has 0 aliphatic rings. The van der Waals surface area contributed by atoms with Crippen molar-refractivity contribution in [1.29, 1.82) is 0 Å². The van der Waals surface area contributed by atoms with Crippen molar-refractivity contribution in [3.8, 4) is 22.6 Å². The zero-order chi connectivity index (χ0) is 22.8. The van der Waals surface area contributed by atoms with Crippen LogP contribution in [0.5, 0.6) is 11.5 Å². The van der Waals surface area contributed by atoms with Gasteiger partial charge in [0.2, 0.25) is 5.91 Å². The number of thiophene rings is 1. The number of rotatable bonds is 6. The van der Waals surface area contributed by atoms with E-state index >= 15 is 0 Å². The molecule has 0 saturated heterocycles. The number of hydrogen-bond donors (Lipinski definition) is 1. The molecule has 0 radical (unpaired) electrons. The van der Waals surface area contributed by atoms with Gasteiger partial charge < -0.3 is 14.8 Å². The molecule has 9 heteroatoms. The molecule has 4 aromatic rings. The van der Waals surface area contributed by atoms with Gasteiger partial charge in [-0.2, -0.15) is 0 Å². The number of nitrogens with one attached hydrogen (secondary N) is 1. The van der Waals surface area contributed by atoms with Crippen LogP contribution in [0.1, 0.15) is 5.56 Å². The van der Waals surface area contributed by atoms with Gasteiger partial charge in [-0.25, -0.2) is 4.98 Å². The molecule has 164 valence electrons. The molecular formula is C23H20ClN3O4S. The van der Waals surface area contributed by atoms with Gasteiger partial charge in [-0.3, -0.25) is 14.2 Å².